The molecule has 0 bridgehead atoms. The third kappa shape index (κ3) is 3.78. The third-order valence-electron chi connectivity index (χ3n) is 4.80. The lowest BCUT2D eigenvalue weighted by Crippen LogP contribution is -2.26. The fourth-order valence-corrected chi connectivity index (χ4v) is 3.67. The molecule has 1 aliphatic rings. The molecule has 0 fully saturated rings. The van der Waals surface area contributed by atoms with Crippen molar-refractivity contribution in [2.75, 3.05) is 14.2 Å². The van der Waals surface area contributed by atoms with Gasteiger partial charge < -0.3 is 13.9 Å². The van der Waals surface area contributed by atoms with Crippen molar-refractivity contribution >= 4 is 27.5 Å². The first kappa shape index (κ1) is 19.3. The molecule has 0 N–H and O–H groups in total. The smallest absolute Gasteiger partial charge is 0.310 e. The quantitative estimate of drug-likeness (QED) is 0.540. The Morgan fingerprint density at radius 2 is 1.83 bits per heavy atom. The first-order valence-corrected chi connectivity index (χ1v) is 9.83. The summed E-state index contributed by atoms with van der Waals surface area (Å²) in [5, 5.41) is 6.15. The van der Waals surface area contributed by atoms with Crippen LogP contribution in [0.1, 0.15) is 34.1 Å². The zero-order valence-electron chi connectivity index (χ0n) is 16.0. The van der Waals surface area contributed by atoms with E-state index in [4.69, 9.17) is 13.9 Å². The SMILES string of the molecule is COc1ccc(C2=NN(C(=O)c3ccc(Br)o3)[C@@H](c3ccccc3)C2)cc1OC. The molecule has 7 heteroatoms. The number of hydrazone groups is 1. The van der Waals surface area contributed by atoms with Gasteiger partial charge in [-0.2, -0.15) is 5.10 Å². The van der Waals surface area contributed by atoms with Crippen molar-refractivity contribution < 1.29 is 18.7 Å². The summed E-state index contributed by atoms with van der Waals surface area (Å²) in [7, 11) is 3.19. The van der Waals surface area contributed by atoms with Crippen LogP contribution in [0.5, 0.6) is 11.5 Å². The Kier molecular flexibility index (Phi) is 5.40. The van der Waals surface area contributed by atoms with Gasteiger partial charge in [-0.05, 0) is 51.8 Å². The van der Waals surface area contributed by atoms with Crippen LogP contribution >= 0.6 is 15.9 Å². The molecule has 6 nitrogen and oxygen atoms in total. The monoisotopic (exact) mass is 454 g/mol. The van der Waals surface area contributed by atoms with E-state index >= 15 is 0 Å². The summed E-state index contributed by atoms with van der Waals surface area (Å²) in [6, 6.07) is 18.6. The van der Waals surface area contributed by atoms with Gasteiger partial charge in [0.05, 0.1) is 26.0 Å². The Morgan fingerprint density at radius 1 is 1.07 bits per heavy atom. The lowest BCUT2D eigenvalue weighted by Gasteiger charge is -2.21. The molecule has 0 saturated carbocycles. The second-order valence-corrected chi connectivity index (χ2v) is 7.28. The molecule has 0 unspecified atom stereocenters. The number of methoxy groups -OCH3 is 2. The van der Waals surface area contributed by atoms with Crippen molar-refractivity contribution in [1.29, 1.82) is 0 Å². The van der Waals surface area contributed by atoms with E-state index in [0.717, 1.165) is 16.8 Å². The standard InChI is InChI=1S/C22H19BrN2O4/c1-27-18-9-8-15(12-20(18)28-2)16-13-17(14-6-4-3-5-7-14)25(24-16)22(26)19-10-11-21(23)29-19/h3-12,17H,13H2,1-2H3/t17-/m1/s1. The van der Waals surface area contributed by atoms with Crippen molar-refractivity contribution in [1.82, 2.24) is 5.01 Å². The van der Waals surface area contributed by atoms with Gasteiger partial charge in [0.2, 0.25) is 0 Å². The van der Waals surface area contributed by atoms with Gasteiger partial charge in [0.15, 0.2) is 21.9 Å². The first-order valence-electron chi connectivity index (χ1n) is 9.04. The van der Waals surface area contributed by atoms with Crippen molar-refractivity contribution in [2.45, 2.75) is 12.5 Å². The fourth-order valence-electron chi connectivity index (χ4n) is 3.36. The molecule has 148 valence electrons. The molecule has 2 heterocycles. The van der Waals surface area contributed by atoms with Crippen molar-refractivity contribution in [3.8, 4) is 11.5 Å². The summed E-state index contributed by atoms with van der Waals surface area (Å²) >= 11 is 3.25. The van der Waals surface area contributed by atoms with Crippen molar-refractivity contribution in [2.24, 2.45) is 5.10 Å². The van der Waals surface area contributed by atoms with Crippen LogP contribution < -0.4 is 9.47 Å². The van der Waals surface area contributed by atoms with Gasteiger partial charge >= 0.3 is 5.91 Å². The van der Waals surface area contributed by atoms with E-state index in [0.29, 0.717) is 22.6 Å². The molecule has 2 aromatic carbocycles. The number of hydrogen-bond acceptors (Lipinski definition) is 5. The van der Waals surface area contributed by atoms with E-state index in [-0.39, 0.29) is 17.7 Å². The van der Waals surface area contributed by atoms with Gasteiger partial charge in [0.25, 0.3) is 0 Å². The molecule has 0 aliphatic carbocycles. The summed E-state index contributed by atoms with van der Waals surface area (Å²) in [4.78, 5) is 13.1. The van der Waals surface area contributed by atoms with Gasteiger partial charge in [-0.25, -0.2) is 5.01 Å². The normalized spacial score (nSPS) is 15.9. The Balaban J connectivity index is 1.73. The highest BCUT2D eigenvalue weighted by molar-refractivity contribution is 9.10. The topological polar surface area (TPSA) is 64.3 Å². The maximum atomic E-state index is 13.1. The highest BCUT2D eigenvalue weighted by Crippen LogP contribution is 2.36. The van der Waals surface area contributed by atoms with Crippen LogP contribution in [0.4, 0.5) is 0 Å². The van der Waals surface area contributed by atoms with Crippen molar-refractivity contribution in [3.05, 3.63) is 82.2 Å². The molecule has 1 aromatic heterocycles. The van der Waals surface area contributed by atoms with Crippen LogP contribution in [0, 0.1) is 0 Å². The number of halogens is 1. The highest BCUT2D eigenvalue weighted by Gasteiger charge is 2.35. The number of hydrogen-bond donors (Lipinski definition) is 0. The van der Waals surface area contributed by atoms with Crippen LogP contribution in [0.2, 0.25) is 0 Å². The number of carbonyl (C=O) groups excluding carboxylic acids is 1. The largest absolute Gasteiger partial charge is 0.493 e. The van der Waals surface area contributed by atoms with Gasteiger partial charge in [-0.1, -0.05) is 30.3 Å². The minimum Gasteiger partial charge on any atom is -0.493 e. The zero-order chi connectivity index (χ0) is 20.4. The molecule has 1 aliphatic heterocycles. The summed E-state index contributed by atoms with van der Waals surface area (Å²) < 4.78 is 16.7. The number of rotatable bonds is 5. The van der Waals surface area contributed by atoms with E-state index in [9.17, 15) is 4.79 Å². The van der Waals surface area contributed by atoms with E-state index in [1.807, 2.05) is 48.5 Å². The average Bonchev–Trinajstić information content (AvgIpc) is 3.40. The number of nitrogens with zero attached hydrogens (tertiary/aromatic N) is 2. The molecule has 0 spiro atoms. The molecule has 0 saturated heterocycles. The van der Waals surface area contributed by atoms with Gasteiger partial charge in [0.1, 0.15) is 0 Å². The highest BCUT2D eigenvalue weighted by atomic mass is 79.9. The summed E-state index contributed by atoms with van der Waals surface area (Å²) in [6.07, 6.45) is 0.577. The molecular weight excluding hydrogens is 436 g/mol. The maximum Gasteiger partial charge on any atom is 0.310 e. The molecular formula is C22H19BrN2O4. The van der Waals surface area contributed by atoms with Crippen LogP contribution in [-0.2, 0) is 0 Å². The predicted molar refractivity (Wildman–Crippen MR) is 112 cm³/mol. The summed E-state index contributed by atoms with van der Waals surface area (Å²) in [5.74, 6) is 1.20. The van der Waals surface area contributed by atoms with Gasteiger partial charge in [-0.15, -0.1) is 0 Å². The second kappa shape index (κ2) is 8.13. The molecule has 29 heavy (non-hydrogen) atoms. The van der Waals surface area contributed by atoms with E-state index in [1.165, 1.54) is 5.01 Å². The van der Waals surface area contributed by atoms with E-state index < -0.39 is 0 Å². The van der Waals surface area contributed by atoms with Crippen LogP contribution in [0.15, 0.2) is 74.9 Å². The van der Waals surface area contributed by atoms with Crippen LogP contribution in [0.25, 0.3) is 0 Å². The predicted octanol–water partition coefficient (Wildman–Crippen LogP) is 5.05. The second-order valence-electron chi connectivity index (χ2n) is 6.50. The van der Waals surface area contributed by atoms with Gasteiger partial charge in [0, 0.05) is 12.0 Å². The van der Waals surface area contributed by atoms with E-state index in [2.05, 4.69) is 21.0 Å². The molecule has 1 amide bonds. The van der Waals surface area contributed by atoms with E-state index in [1.54, 1.807) is 26.4 Å². The summed E-state index contributed by atoms with van der Waals surface area (Å²) in [5.41, 5.74) is 2.67. The fraction of sp³-hybridized carbons (Fsp3) is 0.182. The zero-order valence-corrected chi connectivity index (χ0v) is 17.5. The minimum atomic E-state index is -0.292. The number of amides is 1. The van der Waals surface area contributed by atoms with Crippen molar-refractivity contribution in [3.63, 3.8) is 0 Å². The molecule has 0 radical (unpaired) electrons. The Hall–Kier alpha value is -3.06. The van der Waals surface area contributed by atoms with Crippen LogP contribution in [-0.4, -0.2) is 30.8 Å². The maximum absolute atomic E-state index is 13.1. The molecule has 3 aromatic rings. The third-order valence-corrected chi connectivity index (χ3v) is 5.23. The Morgan fingerprint density at radius 3 is 2.48 bits per heavy atom. The Labute approximate surface area is 176 Å². The number of furan rings is 1. The lowest BCUT2D eigenvalue weighted by atomic mass is 9.98. The Bertz CT molecular complexity index is 1060. The number of carbonyl (C=O) groups is 1. The number of benzene rings is 2. The minimum absolute atomic E-state index is 0.226. The van der Waals surface area contributed by atoms with Gasteiger partial charge in [-0.3, -0.25) is 4.79 Å². The lowest BCUT2D eigenvalue weighted by molar-refractivity contribution is 0.0677. The summed E-state index contributed by atoms with van der Waals surface area (Å²) in [6.45, 7) is 0. The number of ether oxygens (including phenoxy) is 2. The first-order chi connectivity index (χ1) is 14.1. The molecule has 4 rings (SSSR count). The van der Waals surface area contributed by atoms with Crippen LogP contribution in [0.3, 0.4) is 0 Å². The molecule has 1 atom stereocenters. The average molecular weight is 455 g/mol.